The van der Waals surface area contributed by atoms with E-state index >= 15 is 0 Å². The van der Waals surface area contributed by atoms with E-state index in [4.69, 9.17) is 0 Å². The number of aromatic hydroxyl groups is 1. The second kappa shape index (κ2) is 6.71. The van der Waals surface area contributed by atoms with Gasteiger partial charge in [-0.05, 0) is 47.9 Å². The first-order valence-electron chi connectivity index (χ1n) is 9.03. The molecule has 4 aromatic carbocycles. The van der Waals surface area contributed by atoms with Crippen LogP contribution in [0.5, 0.6) is 5.75 Å². The van der Waals surface area contributed by atoms with Crippen LogP contribution in [0.15, 0.2) is 70.5 Å². The van der Waals surface area contributed by atoms with Crippen LogP contribution in [0, 0.1) is 0 Å². The lowest BCUT2D eigenvalue weighted by Gasteiger charge is -2.07. The van der Waals surface area contributed by atoms with Crippen LogP contribution in [0.4, 0.5) is 0 Å². The van der Waals surface area contributed by atoms with Gasteiger partial charge in [0, 0.05) is 16.2 Å². The second-order valence-electron chi connectivity index (χ2n) is 7.07. The van der Waals surface area contributed by atoms with Crippen molar-refractivity contribution in [3.05, 3.63) is 60.7 Å². The molecule has 1 heterocycles. The van der Waals surface area contributed by atoms with Crippen LogP contribution in [0.1, 0.15) is 0 Å². The number of benzene rings is 4. The molecule has 12 heteroatoms. The molecule has 0 aliphatic heterocycles. The molecule has 0 saturated heterocycles. The SMILES string of the molecule is O=S(=O)(O)c1cc(S(=O)(=O)O)c2ccc3nn(-c4ccc5c(O)cccc5c4)nc3c2c1. The van der Waals surface area contributed by atoms with E-state index in [2.05, 4.69) is 10.2 Å². The van der Waals surface area contributed by atoms with Crippen molar-refractivity contribution < 1.29 is 31.0 Å². The van der Waals surface area contributed by atoms with Crippen molar-refractivity contribution in [2.45, 2.75) is 9.79 Å². The third-order valence-electron chi connectivity index (χ3n) is 5.07. The Balaban J connectivity index is 1.82. The Morgan fingerprint density at radius 1 is 0.750 bits per heavy atom. The van der Waals surface area contributed by atoms with Gasteiger partial charge in [0.25, 0.3) is 20.2 Å². The number of fused-ring (bicyclic) bond motifs is 4. The van der Waals surface area contributed by atoms with Crippen LogP contribution < -0.4 is 0 Å². The van der Waals surface area contributed by atoms with Gasteiger partial charge in [0.15, 0.2) is 0 Å². The van der Waals surface area contributed by atoms with Crippen molar-refractivity contribution in [2.24, 2.45) is 0 Å². The van der Waals surface area contributed by atoms with Gasteiger partial charge in [0.1, 0.15) is 21.7 Å². The molecule has 5 rings (SSSR count). The summed E-state index contributed by atoms with van der Waals surface area (Å²) in [6.07, 6.45) is 0. The lowest BCUT2D eigenvalue weighted by molar-refractivity contribution is 0.480. The number of hydrogen-bond acceptors (Lipinski definition) is 7. The van der Waals surface area contributed by atoms with E-state index in [1.165, 1.54) is 16.9 Å². The lowest BCUT2D eigenvalue weighted by Crippen LogP contribution is -2.04. The van der Waals surface area contributed by atoms with E-state index in [-0.39, 0.29) is 22.0 Å². The van der Waals surface area contributed by atoms with Gasteiger partial charge in [0.05, 0.1) is 10.6 Å². The first kappa shape index (κ1) is 20.3. The van der Waals surface area contributed by atoms with Gasteiger partial charge in [-0.15, -0.1) is 10.2 Å². The minimum absolute atomic E-state index is 0.0166. The molecule has 162 valence electrons. The number of phenols is 1. The zero-order valence-corrected chi connectivity index (χ0v) is 17.5. The summed E-state index contributed by atoms with van der Waals surface area (Å²) in [5.74, 6) is 0.120. The van der Waals surface area contributed by atoms with Crippen molar-refractivity contribution in [1.82, 2.24) is 15.0 Å². The van der Waals surface area contributed by atoms with Crippen molar-refractivity contribution >= 4 is 52.8 Å². The predicted molar refractivity (Wildman–Crippen MR) is 115 cm³/mol. The van der Waals surface area contributed by atoms with E-state index in [0.29, 0.717) is 22.7 Å². The third kappa shape index (κ3) is 3.26. The Bertz CT molecular complexity index is 1790. The average Bonchev–Trinajstić information content (AvgIpc) is 3.16. The van der Waals surface area contributed by atoms with Gasteiger partial charge in [-0.25, -0.2) is 0 Å². The highest BCUT2D eigenvalue weighted by atomic mass is 32.2. The average molecular weight is 471 g/mol. The van der Waals surface area contributed by atoms with Crippen LogP contribution in [0.3, 0.4) is 0 Å². The van der Waals surface area contributed by atoms with Crippen LogP contribution in [0.25, 0.3) is 38.3 Å². The molecule has 1 aromatic heterocycles. The first-order chi connectivity index (χ1) is 15.0. The molecule has 0 bridgehead atoms. The summed E-state index contributed by atoms with van der Waals surface area (Å²) in [4.78, 5) is -0.109. The van der Waals surface area contributed by atoms with Gasteiger partial charge in [-0.3, -0.25) is 9.11 Å². The zero-order chi connectivity index (χ0) is 22.8. The van der Waals surface area contributed by atoms with Crippen molar-refractivity contribution in [3.8, 4) is 11.4 Å². The fraction of sp³-hybridized carbons (Fsp3) is 0. The quantitative estimate of drug-likeness (QED) is 0.336. The predicted octanol–water partition coefficient (Wildman–Crippen LogP) is 2.93. The van der Waals surface area contributed by atoms with Crippen LogP contribution in [-0.4, -0.2) is 46.0 Å². The first-order valence-corrected chi connectivity index (χ1v) is 11.9. The summed E-state index contributed by atoms with van der Waals surface area (Å²) < 4.78 is 66.1. The monoisotopic (exact) mass is 471 g/mol. The summed E-state index contributed by atoms with van der Waals surface area (Å²) >= 11 is 0. The van der Waals surface area contributed by atoms with Gasteiger partial charge in [-0.2, -0.15) is 21.6 Å². The number of aromatic nitrogens is 3. The van der Waals surface area contributed by atoms with Gasteiger partial charge in [-0.1, -0.05) is 18.2 Å². The molecule has 5 aromatic rings. The summed E-state index contributed by atoms with van der Waals surface area (Å²) in [7, 11) is -9.58. The van der Waals surface area contributed by atoms with Crippen molar-refractivity contribution in [2.75, 3.05) is 0 Å². The molecular formula is C20H13N3O7S2. The van der Waals surface area contributed by atoms with Gasteiger partial charge in [0.2, 0.25) is 0 Å². The van der Waals surface area contributed by atoms with E-state index in [0.717, 1.165) is 11.5 Å². The van der Waals surface area contributed by atoms with E-state index < -0.39 is 30.0 Å². The number of phenolic OH excluding ortho intramolecular Hbond substituents is 1. The normalized spacial score (nSPS) is 12.7. The highest BCUT2D eigenvalue weighted by molar-refractivity contribution is 7.86. The standard InChI is InChI=1S/C20H13N3O7S2/c24-18-3-1-2-11-8-12(4-5-14(11)18)23-21-17-7-6-15-16(20(17)22-23)9-13(31(25,26)27)10-19(15)32(28,29)30/h1-10,24H,(H,25,26,27)(H,28,29,30). The molecule has 0 aliphatic rings. The van der Waals surface area contributed by atoms with E-state index in [9.17, 15) is 31.0 Å². The van der Waals surface area contributed by atoms with Crippen LogP contribution >= 0.6 is 0 Å². The van der Waals surface area contributed by atoms with Crippen LogP contribution in [0.2, 0.25) is 0 Å². The maximum absolute atomic E-state index is 11.9. The summed E-state index contributed by atoms with van der Waals surface area (Å²) in [5.41, 5.74) is 1.02. The molecule has 0 atom stereocenters. The van der Waals surface area contributed by atoms with Gasteiger partial charge >= 0.3 is 0 Å². The smallest absolute Gasteiger partial charge is 0.295 e. The maximum atomic E-state index is 11.9. The Labute approximate surface area is 180 Å². The Hall–Kier alpha value is -3.58. The minimum Gasteiger partial charge on any atom is -0.507 e. The largest absolute Gasteiger partial charge is 0.507 e. The lowest BCUT2D eigenvalue weighted by atomic mass is 10.1. The molecule has 10 nitrogen and oxygen atoms in total. The minimum atomic E-state index is -4.81. The topological polar surface area (TPSA) is 160 Å². The Morgan fingerprint density at radius 3 is 2.22 bits per heavy atom. The number of nitrogens with zero attached hydrogens (tertiary/aromatic N) is 3. The molecule has 0 radical (unpaired) electrons. The fourth-order valence-electron chi connectivity index (χ4n) is 3.61. The summed E-state index contributed by atoms with van der Waals surface area (Å²) in [6.45, 7) is 0. The maximum Gasteiger partial charge on any atom is 0.295 e. The number of hydrogen-bond donors (Lipinski definition) is 3. The van der Waals surface area contributed by atoms with E-state index in [1.807, 2.05) is 0 Å². The summed E-state index contributed by atoms with van der Waals surface area (Å²) in [5, 5.41) is 20.2. The fourth-order valence-corrected chi connectivity index (χ4v) is 4.95. The molecular weight excluding hydrogens is 458 g/mol. The van der Waals surface area contributed by atoms with E-state index in [1.54, 1.807) is 36.4 Å². The van der Waals surface area contributed by atoms with Crippen LogP contribution in [-0.2, 0) is 20.2 Å². The molecule has 0 unspecified atom stereocenters. The molecule has 3 N–H and O–H groups in total. The van der Waals surface area contributed by atoms with Crippen molar-refractivity contribution in [1.29, 1.82) is 0 Å². The third-order valence-corrected chi connectivity index (χ3v) is 6.79. The molecule has 0 spiro atoms. The molecule has 32 heavy (non-hydrogen) atoms. The second-order valence-corrected chi connectivity index (χ2v) is 9.88. The Morgan fingerprint density at radius 2 is 1.50 bits per heavy atom. The molecule has 0 fully saturated rings. The molecule has 0 aliphatic carbocycles. The zero-order valence-electron chi connectivity index (χ0n) is 15.9. The number of rotatable bonds is 3. The highest BCUT2D eigenvalue weighted by Crippen LogP contribution is 2.32. The van der Waals surface area contributed by atoms with Gasteiger partial charge < -0.3 is 5.11 Å². The molecule has 0 saturated carbocycles. The molecule has 0 amide bonds. The van der Waals surface area contributed by atoms with Crippen molar-refractivity contribution in [3.63, 3.8) is 0 Å². The summed E-state index contributed by atoms with van der Waals surface area (Å²) in [6, 6.07) is 14.8. The Kier molecular flexibility index (Phi) is 4.26. The highest BCUT2D eigenvalue weighted by Gasteiger charge is 2.22.